The molecule has 1 rings (SSSR count). The van der Waals surface area contributed by atoms with Crippen LogP contribution in [0.2, 0.25) is 0 Å². The first kappa shape index (κ1) is 12.2. The molecule has 0 aliphatic rings. The number of hydrogen-bond acceptors (Lipinski definition) is 2. The molecule has 0 radical (unpaired) electrons. The summed E-state index contributed by atoms with van der Waals surface area (Å²) >= 11 is 0. The summed E-state index contributed by atoms with van der Waals surface area (Å²) in [7, 11) is 0. The van der Waals surface area contributed by atoms with Crippen LogP contribution in [0.3, 0.4) is 0 Å². The van der Waals surface area contributed by atoms with Crippen LogP contribution in [-0.4, -0.2) is 19.7 Å². The SMILES string of the molecule is CCNCCOCc1ccc(C)c(C)c1. The Hall–Kier alpha value is -0.860. The van der Waals surface area contributed by atoms with Gasteiger partial charge in [-0.3, -0.25) is 0 Å². The van der Waals surface area contributed by atoms with E-state index in [9.17, 15) is 0 Å². The minimum Gasteiger partial charge on any atom is -0.375 e. The van der Waals surface area contributed by atoms with E-state index in [0.29, 0.717) is 6.61 Å². The van der Waals surface area contributed by atoms with Gasteiger partial charge in [0.15, 0.2) is 0 Å². The first-order valence-corrected chi connectivity index (χ1v) is 5.58. The number of benzene rings is 1. The van der Waals surface area contributed by atoms with Gasteiger partial charge in [-0.05, 0) is 37.1 Å². The molecule has 0 bridgehead atoms. The maximum atomic E-state index is 5.55. The van der Waals surface area contributed by atoms with Gasteiger partial charge in [0, 0.05) is 6.54 Å². The van der Waals surface area contributed by atoms with Gasteiger partial charge in [-0.15, -0.1) is 0 Å². The fourth-order valence-corrected chi connectivity index (χ4v) is 1.40. The second-order valence-corrected chi connectivity index (χ2v) is 3.82. The number of aryl methyl sites for hydroxylation is 2. The van der Waals surface area contributed by atoms with Crippen molar-refractivity contribution in [1.82, 2.24) is 5.32 Å². The zero-order chi connectivity index (χ0) is 11.1. The van der Waals surface area contributed by atoms with Crippen LogP contribution < -0.4 is 5.32 Å². The number of likely N-dealkylation sites (N-methyl/N-ethyl adjacent to an activating group) is 1. The number of rotatable bonds is 6. The van der Waals surface area contributed by atoms with Gasteiger partial charge in [0.05, 0.1) is 13.2 Å². The van der Waals surface area contributed by atoms with Crippen LogP contribution in [0.5, 0.6) is 0 Å². The number of ether oxygens (including phenoxy) is 1. The van der Waals surface area contributed by atoms with Crippen molar-refractivity contribution in [3.8, 4) is 0 Å². The second-order valence-electron chi connectivity index (χ2n) is 3.82. The van der Waals surface area contributed by atoms with Gasteiger partial charge in [0.1, 0.15) is 0 Å². The third-order valence-electron chi connectivity index (χ3n) is 2.51. The summed E-state index contributed by atoms with van der Waals surface area (Å²) in [5, 5.41) is 3.23. The van der Waals surface area contributed by atoms with E-state index in [1.165, 1.54) is 16.7 Å². The van der Waals surface area contributed by atoms with Gasteiger partial charge in [-0.1, -0.05) is 25.1 Å². The molecule has 2 nitrogen and oxygen atoms in total. The van der Waals surface area contributed by atoms with Gasteiger partial charge in [-0.2, -0.15) is 0 Å². The van der Waals surface area contributed by atoms with E-state index in [4.69, 9.17) is 4.74 Å². The van der Waals surface area contributed by atoms with Crippen molar-refractivity contribution in [3.63, 3.8) is 0 Å². The quantitative estimate of drug-likeness (QED) is 0.723. The Morgan fingerprint density at radius 2 is 2.00 bits per heavy atom. The Balaban J connectivity index is 2.28. The predicted octanol–water partition coefficient (Wildman–Crippen LogP) is 2.43. The average Bonchev–Trinajstić information content (AvgIpc) is 2.23. The molecule has 0 aliphatic carbocycles. The third-order valence-corrected chi connectivity index (χ3v) is 2.51. The van der Waals surface area contributed by atoms with Crippen LogP contribution in [-0.2, 0) is 11.3 Å². The molecule has 0 spiro atoms. The Morgan fingerprint density at radius 1 is 1.20 bits per heavy atom. The van der Waals surface area contributed by atoms with E-state index in [-0.39, 0.29) is 0 Å². The molecule has 0 saturated carbocycles. The molecule has 0 atom stereocenters. The topological polar surface area (TPSA) is 21.3 Å². The van der Waals surface area contributed by atoms with Crippen molar-refractivity contribution in [2.75, 3.05) is 19.7 Å². The first-order chi connectivity index (χ1) is 7.24. The summed E-state index contributed by atoms with van der Waals surface area (Å²) in [6.45, 7) is 9.80. The van der Waals surface area contributed by atoms with Gasteiger partial charge in [0.2, 0.25) is 0 Å². The van der Waals surface area contributed by atoms with Gasteiger partial charge in [0.25, 0.3) is 0 Å². The second kappa shape index (κ2) is 6.59. The van der Waals surface area contributed by atoms with E-state index < -0.39 is 0 Å². The van der Waals surface area contributed by atoms with E-state index >= 15 is 0 Å². The summed E-state index contributed by atoms with van der Waals surface area (Å²) in [6.07, 6.45) is 0. The summed E-state index contributed by atoms with van der Waals surface area (Å²) in [5.74, 6) is 0. The molecule has 0 heterocycles. The molecule has 0 aromatic heterocycles. The fourth-order valence-electron chi connectivity index (χ4n) is 1.40. The molecule has 0 aliphatic heterocycles. The van der Waals surface area contributed by atoms with Crippen LogP contribution in [0.25, 0.3) is 0 Å². The standard InChI is InChI=1S/C13H21NO/c1-4-14-7-8-15-10-13-6-5-11(2)12(3)9-13/h5-6,9,14H,4,7-8,10H2,1-3H3. The molecule has 0 amide bonds. The van der Waals surface area contributed by atoms with Crippen molar-refractivity contribution >= 4 is 0 Å². The number of nitrogens with one attached hydrogen (secondary N) is 1. The van der Waals surface area contributed by atoms with Crippen LogP contribution in [0.1, 0.15) is 23.6 Å². The van der Waals surface area contributed by atoms with E-state index in [1.807, 2.05) is 0 Å². The van der Waals surface area contributed by atoms with Gasteiger partial charge in [-0.25, -0.2) is 0 Å². The van der Waals surface area contributed by atoms with Crippen molar-refractivity contribution in [2.24, 2.45) is 0 Å². The van der Waals surface area contributed by atoms with Crippen LogP contribution in [0.4, 0.5) is 0 Å². The summed E-state index contributed by atoms with van der Waals surface area (Å²) < 4.78 is 5.55. The lowest BCUT2D eigenvalue weighted by Crippen LogP contribution is -2.18. The van der Waals surface area contributed by atoms with Crippen molar-refractivity contribution in [2.45, 2.75) is 27.4 Å². The molecule has 1 N–H and O–H groups in total. The molecule has 1 aromatic carbocycles. The molecule has 84 valence electrons. The normalized spacial score (nSPS) is 10.6. The lowest BCUT2D eigenvalue weighted by Gasteiger charge is -2.07. The Morgan fingerprint density at radius 3 is 2.67 bits per heavy atom. The van der Waals surface area contributed by atoms with Gasteiger partial charge < -0.3 is 10.1 Å². The highest BCUT2D eigenvalue weighted by Crippen LogP contribution is 2.10. The molecule has 0 fully saturated rings. The van der Waals surface area contributed by atoms with Crippen LogP contribution in [0.15, 0.2) is 18.2 Å². The molecule has 0 unspecified atom stereocenters. The monoisotopic (exact) mass is 207 g/mol. The van der Waals surface area contributed by atoms with Crippen LogP contribution >= 0.6 is 0 Å². The minimum absolute atomic E-state index is 0.715. The average molecular weight is 207 g/mol. The Labute approximate surface area is 92.6 Å². The van der Waals surface area contributed by atoms with E-state index in [1.54, 1.807) is 0 Å². The highest BCUT2D eigenvalue weighted by molar-refractivity contribution is 5.29. The smallest absolute Gasteiger partial charge is 0.0717 e. The van der Waals surface area contributed by atoms with Crippen molar-refractivity contribution in [3.05, 3.63) is 34.9 Å². The summed E-state index contributed by atoms with van der Waals surface area (Å²) in [4.78, 5) is 0. The Kier molecular flexibility index (Phi) is 5.37. The highest BCUT2D eigenvalue weighted by atomic mass is 16.5. The molecular weight excluding hydrogens is 186 g/mol. The van der Waals surface area contributed by atoms with Crippen molar-refractivity contribution in [1.29, 1.82) is 0 Å². The zero-order valence-electron chi connectivity index (χ0n) is 9.97. The largest absolute Gasteiger partial charge is 0.375 e. The number of hydrogen-bond donors (Lipinski definition) is 1. The third kappa shape index (κ3) is 4.45. The maximum Gasteiger partial charge on any atom is 0.0717 e. The van der Waals surface area contributed by atoms with Crippen LogP contribution in [0, 0.1) is 13.8 Å². The first-order valence-electron chi connectivity index (χ1n) is 5.58. The lowest BCUT2D eigenvalue weighted by atomic mass is 10.1. The molecular formula is C13H21NO. The van der Waals surface area contributed by atoms with E-state index in [2.05, 4.69) is 44.3 Å². The minimum atomic E-state index is 0.715. The summed E-state index contributed by atoms with van der Waals surface area (Å²) in [5.41, 5.74) is 3.93. The maximum absolute atomic E-state index is 5.55. The zero-order valence-corrected chi connectivity index (χ0v) is 9.97. The molecule has 1 aromatic rings. The van der Waals surface area contributed by atoms with Crippen molar-refractivity contribution < 1.29 is 4.74 Å². The molecule has 0 saturated heterocycles. The van der Waals surface area contributed by atoms with E-state index in [0.717, 1.165) is 19.7 Å². The summed E-state index contributed by atoms with van der Waals surface area (Å²) in [6, 6.07) is 6.48. The lowest BCUT2D eigenvalue weighted by molar-refractivity contribution is 0.123. The highest BCUT2D eigenvalue weighted by Gasteiger charge is 1.96. The fraction of sp³-hybridized carbons (Fsp3) is 0.538. The van der Waals surface area contributed by atoms with Gasteiger partial charge >= 0.3 is 0 Å². The molecule has 2 heteroatoms. The predicted molar refractivity (Wildman–Crippen MR) is 64.1 cm³/mol. The Bertz CT molecular complexity index is 297. The molecule has 15 heavy (non-hydrogen) atoms.